The molecule has 15 heavy (non-hydrogen) atoms. The largest absolute Gasteiger partial charge is 0.379 e. The molecule has 0 aliphatic carbocycles. The lowest BCUT2D eigenvalue weighted by molar-refractivity contribution is 0.723. The highest BCUT2D eigenvalue weighted by atomic mass is 79.9. The lowest BCUT2D eigenvalue weighted by atomic mass is 10.1. The summed E-state index contributed by atoms with van der Waals surface area (Å²) in [7, 11) is 0. The number of hydrogen-bond acceptors (Lipinski definition) is 3. The van der Waals surface area contributed by atoms with Gasteiger partial charge in [0.25, 0.3) is 0 Å². The number of nitrogens with one attached hydrogen (secondary N) is 1. The van der Waals surface area contributed by atoms with Crippen molar-refractivity contribution in [1.82, 2.24) is 4.98 Å². The highest BCUT2D eigenvalue weighted by molar-refractivity contribution is 9.10. The van der Waals surface area contributed by atoms with E-state index >= 15 is 0 Å². The molecule has 0 aromatic carbocycles. The van der Waals surface area contributed by atoms with Gasteiger partial charge in [0.05, 0.1) is 5.69 Å². The number of hydrogen-bond donors (Lipinski definition) is 1. The molecule has 1 aliphatic heterocycles. The van der Waals surface area contributed by atoms with Crippen molar-refractivity contribution in [3.05, 3.63) is 21.9 Å². The third kappa shape index (κ3) is 2.80. The van der Waals surface area contributed by atoms with Crippen LogP contribution in [0.1, 0.15) is 13.3 Å². The third-order valence-corrected chi connectivity index (χ3v) is 4.58. The van der Waals surface area contributed by atoms with E-state index < -0.39 is 0 Å². The number of anilines is 1. The van der Waals surface area contributed by atoms with Crippen molar-refractivity contribution in [2.24, 2.45) is 0 Å². The molecule has 1 aliphatic rings. The van der Waals surface area contributed by atoms with Crippen LogP contribution in [0, 0.1) is 0 Å². The normalized spacial score (nSPS) is 25.5. The van der Waals surface area contributed by atoms with Crippen molar-refractivity contribution < 1.29 is 0 Å². The first-order valence-corrected chi connectivity index (χ1v) is 7.08. The standard InChI is InChI=1S/C10H12BrClN2S/c1-6-8(2-3-15-6)14-9-4-7(11)5-13-10(9)12/h4-6,8,14H,2-3H2,1H3. The number of halogens is 2. The van der Waals surface area contributed by atoms with E-state index in [2.05, 4.69) is 33.2 Å². The van der Waals surface area contributed by atoms with E-state index in [0.29, 0.717) is 16.4 Å². The van der Waals surface area contributed by atoms with E-state index in [0.717, 1.165) is 10.2 Å². The molecule has 1 saturated heterocycles. The van der Waals surface area contributed by atoms with Crippen LogP contribution in [0.25, 0.3) is 0 Å². The van der Waals surface area contributed by atoms with Gasteiger partial charge in [-0.25, -0.2) is 4.98 Å². The molecule has 2 atom stereocenters. The van der Waals surface area contributed by atoms with Gasteiger partial charge in [-0.05, 0) is 34.2 Å². The zero-order valence-electron chi connectivity index (χ0n) is 8.34. The van der Waals surface area contributed by atoms with Crippen LogP contribution in [0.15, 0.2) is 16.7 Å². The van der Waals surface area contributed by atoms with Crippen LogP contribution in [-0.4, -0.2) is 22.0 Å². The van der Waals surface area contributed by atoms with E-state index in [1.54, 1.807) is 6.20 Å². The fraction of sp³-hybridized carbons (Fsp3) is 0.500. The molecule has 1 aromatic rings. The Kier molecular flexibility index (Phi) is 3.80. The topological polar surface area (TPSA) is 24.9 Å². The monoisotopic (exact) mass is 306 g/mol. The van der Waals surface area contributed by atoms with E-state index in [1.165, 1.54) is 12.2 Å². The molecular weight excluding hydrogens is 296 g/mol. The van der Waals surface area contributed by atoms with Crippen molar-refractivity contribution >= 4 is 45.0 Å². The minimum atomic E-state index is 0.503. The summed E-state index contributed by atoms with van der Waals surface area (Å²) < 4.78 is 0.952. The Morgan fingerprint density at radius 2 is 2.47 bits per heavy atom. The minimum absolute atomic E-state index is 0.503. The third-order valence-electron chi connectivity index (χ3n) is 2.52. The van der Waals surface area contributed by atoms with Crippen LogP contribution in [0.4, 0.5) is 5.69 Å². The minimum Gasteiger partial charge on any atom is -0.379 e. The first-order chi connectivity index (χ1) is 7.16. The van der Waals surface area contributed by atoms with E-state index in [1.807, 2.05) is 17.8 Å². The fourth-order valence-electron chi connectivity index (χ4n) is 1.64. The number of pyridine rings is 1. The van der Waals surface area contributed by atoms with Crippen LogP contribution >= 0.6 is 39.3 Å². The van der Waals surface area contributed by atoms with E-state index in [4.69, 9.17) is 11.6 Å². The van der Waals surface area contributed by atoms with Crippen LogP contribution in [0.3, 0.4) is 0 Å². The van der Waals surface area contributed by atoms with E-state index in [9.17, 15) is 0 Å². The molecule has 82 valence electrons. The second-order valence-electron chi connectivity index (χ2n) is 3.61. The molecule has 0 radical (unpaired) electrons. The molecule has 5 heteroatoms. The second kappa shape index (κ2) is 4.93. The molecular formula is C10H12BrClN2S. The predicted molar refractivity (Wildman–Crippen MR) is 70.9 cm³/mol. The second-order valence-corrected chi connectivity index (χ2v) is 6.37. The van der Waals surface area contributed by atoms with Gasteiger partial charge in [-0.1, -0.05) is 18.5 Å². The van der Waals surface area contributed by atoms with Crippen molar-refractivity contribution in [2.45, 2.75) is 24.6 Å². The first-order valence-electron chi connectivity index (χ1n) is 4.86. The van der Waals surface area contributed by atoms with Gasteiger partial charge >= 0.3 is 0 Å². The van der Waals surface area contributed by atoms with Crippen LogP contribution in [0.5, 0.6) is 0 Å². The van der Waals surface area contributed by atoms with Crippen LogP contribution in [-0.2, 0) is 0 Å². The average molecular weight is 308 g/mol. The fourth-order valence-corrected chi connectivity index (χ4v) is 3.33. The Hall–Kier alpha value is 0.0700. The highest BCUT2D eigenvalue weighted by Gasteiger charge is 2.24. The van der Waals surface area contributed by atoms with Crippen LogP contribution < -0.4 is 5.32 Å². The summed E-state index contributed by atoms with van der Waals surface area (Å²) in [5, 5.41) is 4.64. The molecule has 0 amide bonds. The smallest absolute Gasteiger partial charge is 0.152 e. The Balaban J connectivity index is 2.12. The van der Waals surface area contributed by atoms with Gasteiger partial charge in [0.1, 0.15) is 0 Å². The van der Waals surface area contributed by atoms with Crippen molar-refractivity contribution in [3.63, 3.8) is 0 Å². The molecule has 1 aromatic heterocycles. The maximum Gasteiger partial charge on any atom is 0.152 e. The number of rotatable bonds is 2. The molecule has 2 rings (SSSR count). The molecule has 2 unspecified atom stereocenters. The summed E-state index contributed by atoms with van der Waals surface area (Å²) in [5.41, 5.74) is 0.922. The summed E-state index contributed by atoms with van der Waals surface area (Å²) in [6, 6.07) is 2.48. The van der Waals surface area contributed by atoms with Gasteiger partial charge in [0.15, 0.2) is 5.15 Å². The van der Waals surface area contributed by atoms with Crippen molar-refractivity contribution in [2.75, 3.05) is 11.1 Å². The molecule has 1 fully saturated rings. The first kappa shape index (κ1) is 11.6. The summed E-state index contributed by atoms with van der Waals surface area (Å²) in [4.78, 5) is 4.10. The maximum atomic E-state index is 6.02. The number of thioether (sulfide) groups is 1. The quantitative estimate of drug-likeness (QED) is 0.841. The summed E-state index contributed by atoms with van der Waals surface area (Å²) in [5.74, 6) is 1.22. The summed E-state index contributed by atoms with van der Waals surface area (Å²) >= 11 is 11.4. The number of nitrogens with zero attached hydrogens (tertiary/aromatic N) is 1. The predicted octanol–water partition coefficient (Wildman–Crippen LogP) is 3.80. The molecule has 2 heterocycles. The van der Waals surface area contributed by atoms with Crippen LogP contribution in [0.2, 0.25) is 5.15 Å². The average Bonchev–Trinajstić information content (AvgIpc) is 2.58. The summed E-state index contributed by atoms with van der Waals surface area (Å²) in [6.45, 7) is 2.24. The Bertz CT molecular complexity index is 361. The number of aromatic nitrogens is 1. The van der Waals surface area contributed by atoms with Crippen molar-refractivity contribution in [3.8, 4) is 0 Å². The molecule has 0 bridgehead atoms. The molecule has 2 nitrogen and oxygen atoms in total. The zero-order chi connectivity index (χ0) is 10.8. The Morgan fingerprint density at radius 1 is 1.67 bits per heavy atom. The van der Waals surface area contributed by atoms with Gasteiger partial charge in [-0.2, -0.15) is 11.8 Å². The maximum absolute atomic E-state index is 6.02. The SMILES string of the molecule is CC1SCCC1Nc1cc(Br)cnc1Cl. The Labute approximate surface area is 107 Å². The van der Waals surface area contributed by atoms with E-state index in [-0.39, 0.29) is 0 Å². The highest BCUT2D eigenvalue weighted by Crippen LogP contribution is 2.31. The van der Waals surface area contributed by atoms with Crippen molar-refractivity contribution in [1.29, 1.82) is 0 Å². The molecule has 1 N–H and O–H groups in total. The van der Waals surface area contributed by atoms with Gasteiger partial charge in [0.2, 0.25) is 0 Å². The zero-order valence-corrected chi connectivity index (χ0v) is 11.5. The summed E-state index contributed by atoms with van der Waals surface area (Å²) in [6.07, 6.45) is 2.90. The molecule has 0 saturated carbocycles. The van der Waals surface area contributed by atoms with Gasteiger partial charge < -0.3 is 5.32 Å². The Morgan fingerprint density at radius 3 is 3.13 bits per heavy atom. The lowest BCUT2D eigenvalue weighted by Crippen LogP contribution is -2.24. The van der Waals surface area contributed by atoms with Gasteiger partial charge in [-0.3, -0.25) is 0 Å². The van der Waals surface area contributed by atoms with Gasteiger partial charge in [0, 0.05) is 22.0 Å². The molecule has 0 spiro atoms. The van der Waals surface area contributed by atoms with Gasteiger partial charge in [-0.15, -0.1) is 0 Å². The lowest BCUT2D eigenvalue weighted by Gasteiger charge is -2.18.